The van der Waals surface area contributed by atoms with E-state index in [1.54, 1.807) is 30.5 Å². The molecular weight excluding hydrogens is 318 g/mol. The first-order valence-corrected chi connectivity index (χ1v) is 6.97. The summed E-state index contributed by atoms with van der Waals surface area (Å²) in [6, 6.07) is 10.4. The molecule has 7 nitrogen and oxygen atoms in total. The van der Waals surface area contributed by atoms with E-state index in [9.17, 15) is 4.79 Å². The molecule has 0 fully saturated rings. The minimum absolute atomic E-state index is 0.103. The van der Waals surface area contributed by atoms with Crippen molar-refractivity contribution in [1.29, 1.82) is 0 Å². The zero-order valence-corrected chi connectivity index (χ0v) is 13.1. The number of nitrogens with one attached hydrogen (secondary N) is 1. The van der Waals surface area contributed by atoms with E-state index in [1.807, 2.05) is 12.1 Å². The molecule has 8 heteroatoms. The molecule has 1 aromatic carbocycles. The van der Waals surface area contributed by atoms with Crippen LogP contribution in [0.4, 0.5) is 0 Å². The van der Waals surface area contributed by atoms with Crippen LogP contribution in [0.15, 0.2) is 45.9 Å². The van der Waals surface area contributed by atoms with Crippen LogP contribution in [-0.4, -0.2) is 24.4 Å². The maximum atomic E-state index is 11.3. The number of esters is 1. The number of benzene rings is 1. The number of hydrazone groups is 1. The third-order valence-electron chi connectivity index (χ3n) is 2.70. The number of hydrogen-bond acceptors (Lipinski definition) is 6. The molecule has 1 heterocycles. The minimum atomic E-state index is -0.523. The summed E-state index contributed by atoms with van der Waals surface area (Å²) in [5, 5.41) is 3.95. The first kappa shape index (κ1) is 16.5. The first-order valence-electron chi connectivity index (χ1n) is 6.57. The third-order valence-corrected chi connectivity index (χ3v) is 2.79. The Morgan fingerprint density at radius 1 is 1.35 bits per heavy atom. The highest BCUT2D eigenvalue weighted by atomic mass is 32.1. The minimum Gasteiger partial charge on any atom is -0.486 e. The number of nitrogens with zero attached hydrogens (tertiary/aromatic N) is 1. The Balaban J connectivity index is 1.88. The second-order valence-corrected chi connectivity index (χ2v) is 4.79. The smallest absolute Gasteiger partial charge is 0.373 e. The van der Waals surface area contributed by atoms with Crippen LogP contribution < -0.4 is 15.9 Å². The third kappa shape index (κ3) is 5.11. The average Bonchev–Trinajstić information content (AvgIpc) is 3.02. The van der Waals surface area contributed by atoms with Crippen molar-refractivity contribution in [3.05, 3.63) is 53.5 Å². The number of ether oxygens (including phenoxy) is 2. The maximum Gasteiger partial charge on any atom is 0.373 e. The van der Waals surface area contributed by atoms with Crippen molar-refractivity contribution in [2.45, 2.75) is 6.61 Å². The average molecular weight is 333 g/mol. The van der Waals surface area contributed by atoms with Gasteiger partial charge in [0.15, 0.2) is 5.11 Å². The standard InChI is InChI=1S/C15H15N3O4S/c1-20-14(19)13-7-6-12(22-13)9-21-11-4-2-10(3-5-11)8-17-18-15(16)23/h2-8H,9H2,1H3,(H3,16,18,23). The second kappa shape index (κ2) is 7.95. The fourth-order valence-corrected chi connectivity index (χ4v) is 1.69. The van der Waals surface area contributed by atoms with Gasteiger partial charge in [0, 0.05) is 0 Å². The summed E-state index contributed by atoms with van der Waals surface area (Å²) in [5.74, 6) is 0.797. The van der Waals surface area contributed by atoms with Crippen molar-refractivity contribution >= 4 is 29.5 Å². The Morgan fingerprint density at radius 2 is 2.09 bits per heavy atom. The molecule has 0 aliphatic heterocycles. The van der Waals surface area contributed by atoms with E-state index in [0.29, 0.717) is 11.5 Å². The topological polar surface area (TPSA) is 99.1 Å². The monoisotopic (exact) mass is 333 g/mol. The van der Waals surface area contributed by atoms with Crippen molar-refractivity contribution in [2.75, 3.05) is 7.11 Å². The van der Waals surface area contributed by atoms with Gasteiger partial charge in [0.05, 0.1) is 13.3 Å². The van der Waals surface area contributed by atoms with Gasteiger partial charge in [-0.2, -0.15) is 5.10 Å². The van der Waals surface area contributed by atoms with Gasteiger partial charge >= 0.3 is 5.97 Å². The number of methoxy groups -OCH3 is 1. The van der Waals surface area contributed by atoms with Crippen LogP contribution in [0.2, 0.25) is 0 Å². The summed E-state index contributed by atoms with van der Waals surface area (Å²) >= 11 is 4.63. The summed E-state index contributed by atoms with van der Waals surface area (Å²) in [4.78, 5) is 11.3. The van der Waals surface area contributed by atoms with Crippen LogP contribution in [0.1, 0.15) is 21.9 Å². The number of carbonyl (C=O) groups is 1. The largest absolute Gasteiger partial charge is 0.486 e. The molecule has 0 aliphatic rings. The van der Waals surface area contributed by atoms with Gasteiger partial charge in [-0.3, -0.25) is 5.43 Å². The summed E-state index contributed by atoms with van der Waals surface area (Å²) in [6.07, 6.45) is 1.58. The number of carbonyl (C=O) groups excluding carboxylic acids is 1. The molecule has 120 valence electrons. The van der Waals surface area contributed by atoms with Crippen LogP contribution in [0, 0.1) is 0 Å². The Kier molecular flexibility index (Phi) is 5.70. The molecular formula is C15H15N3O4S. The summed E-state index contributed by atoms with van der Waals surface area (Å²) in [7, 11) is 1.29. The van der Waals surface area contributed by atoms with Gasteiger partial charge in [-0.05, 0) is 54.2 Å². The molecule has 0 saturated carbocycles. The van der Waals surface area contributed by atoms with Crippen molar-refractivity contribution in [3.8, 4) is 5.75 Å². The van der Waals surface area contributed by atoms with Crippen LogP contribution in [0.3, 0.4) is 0 Å². The molecule has 0 unspecified atom stereocenters. The Morgan fingerprint density at radius 3 is 2.74 bits per heavy atom. The molecule has 0 spiro atoms. The highest BCUT2D eigenvalue weighted by Crippen LogP contribution is 2.15. The van der Waals surface area contributed by atoms with Crippen LogP contribution in [-0.2, 0) is 11.3 Å². The number of hydrogen-bond donors (Lipinski definition) is 2. The Labute approximate surface area is 138 Å². The second-order valence-electron chi connectivity index (χ2n) is 4.35. The Hall–Kier alpha value is -2.87. The van der Waals surface area contributed by atoms with Gasteiger partial charge in [0.25, 0.3) is 0 Å². The lowest BCUT2D eigenvalue weighted by Gasteiger charge is -2.04. The van der Waals surface area contributed by atoms with Crippen molar-refractivity contribution in [2.24, 2.45) is 10.8 Å². The van der Waals surface area contributed by atoms with Crippen molar-refractivity contribution in [3.63, 3.8) is 0 Å². The molecule has 2 aromatic rings. The predicted octanol–water partition coefficient (Wildman–Crippen LogP) is 1.81. The molecule has 1 aromatic heterocycles. The number of nitrogens with two attached hydrogens (primary N) is 1. The highest BCUT2D eigenvalue weighted by Gasteiger charge is 2.11. The zero-order valence-electron chi connectivity index (χ0n) is 12.3. The summed E-state index contributed by atoms with van der Waals surface area (Å²) < 4.78 is 15.4. The summed E-state index contributed by atoms with van der Waals surface area (Å²) in [5.41, 5.74) is 8.58. The van der Waals surface area contributed by atoms with Crippen molar-refractivity contribution < 1.29 is 18.7 Å². The lowest BCUT2D eigenvalue weighted by atomic mass is 10.2. The molecule has 0 bridgehead atoms. The SMILES string of the molecule is COC(=O)c1ccc(COc2ccc(C=NNC(N)=S)cc2)o1. The quantitative estimate of drug-likeness (QED) is 0.360. The van der Waals surface area contributed by atoms with E-state index in [1.165, 1.54) is 7.11 Å². The molecule has 0 atom stereocenters. The fraction of sp³-hybridized carbons (Fsp3) is 0.133. The number of thiocarbonyl (C=S) groups is 1. The lowest BCUT2D eigenvalue weighted by Crippen LogP contribution is -2.23. The van der Waals surface area contributed by atoms with E-state index in [0.717, 1.165) is 5.56 Å². The van der Waals surface area contributed by atoms with Crippen LogP contribution in [0.25, 0.3) is 0 Å². The normalized spacial score (nSPS) is 10.5. The molecule has 0 amide bonds. The van der Waals surface area contributed by atoms with Crippen LogP contribution >= 0.6 is 12.2 Å². The predicted molar refractivity (Wildman–Crippen MR) is 88.3 cm³/mol. The van der Waals surface area contributed by atoms with Crippen LogP contribution in [0.5, 0.6) is 5.75 Å². The number of furan rings is 1. The van der Waals surface area contributed by atoms with E-state index >= 15 is 0 Å². The molecule has 0 aliphatic carbocycles. The Bertz CT molecular complexity index is 710. The molecule has 2 rings (SSSR count). The fourth-order valence-electron chi connectivity index (χ4n) is 1.64. The van der Waals surface area contributed by atoms with Gasteiger partial charge in [-0.15, -0.1) is 0 Å². The molecule has 0 saturated heterocycles. The van der Waals surface area contributed by atoms with Gasteiger partial charge in [-0.25, -0.2) is 4.79 Å². The van der Waals surface area contributed by atoms with E-state index in [2.05, 4.69) is 27.5 Å². The van der Waals surface area contributed by atoms with E-state index in [-0.39, 0.29) is 17.5 Å². The maximum absolute atomic E-state index is 11.3. The molecule has 0 radical (unpaired) electrons. The van der Waals surface area contributed by atoms with Crippen molar-refractivity contribution in [1.82, 2.24) is 5.43 Å². The van der Waals surface area contributed by atoms with Gasteiger partial charge in [0.1, 0.15) is 18.1 Å². The molecule has 23 heavy (non-hydrogen) atoms. The lowest BCUT2D eigenvalue weighted by molar-refractivity contribution is 0.0561. The zero-order chi connectivity index (χ0) is 16.7. The van der Waals surface area contributed by atoms with E-state index < -0.39 is 5.97 Å². The van der Waals surface area contributed by atoms with Gasteiger partial charge in [-0.1, -0.05) is 0 Å². The molecule has 3 N–H and O–H groups in total. The van der Waals surface area contributed by atoms with Gasteiger partial charge < -0.3 is 19.6 Å². The van der Waals surface area contributed by atoms with Gasteiger partial charge in [0.2, 0.25) is 5.76 Å². The first-order chi connectivity index (χ1) is 11.1. The number of rotatable bonds is 6. The highest BCUT2D eigenvalue weighted by molar-refractivity contribution is 7.80. The van der Waals surface area contributed by atoms with E-state index in [4.69, 9.17) is 14.9 Å². The summed E-state index contributed by atoms with van der Waals surface area (Å²) in [6.45, 7) is 0.202.